The molecule has 0 aliphatic carbocycles. The van der Waals surface area contributed by atoms with Gasteiger partial charge in [-0.25, -0.2) is 14.0 Å². The second kappa shape index (κ2) is 12.2. The Morgan fingerprint density at radius 3 is 2.44 bits per heavy atom. The first-order valence-electron chi connectivity index (χ1n) is 12.6. The molecule has 2 aromatic carbocycles. The van der Waals surface area contributed by atoms with Crippen LogP contribution in [0.5, 0.6) is 5.75 Å². The molecule has 1 aliphatic heterocycles. The fourth-order valence-corrected chi connectivity index (χ4v) is 4.54. The van der Waals surface area contributed by atoms with Crippen LogP contribution in [0, 0.1) is 12.7 Å². The first kappa shape index (κ1) is 30.2. The summed E-state index contributed by atoms with van der Waals surface area (Å²) in [6.45, 7) is 10.7. The molecule has 1 aliphatic rings. The third-order valence-corrected chi connectivity index (χ3v) is 6.68. The van der Waals surface area contributed by atoms with E-state index in [2.05, 4.69) is 10.2 Å². The number of amides is 2. The van der Waals surface area contributed by atoms with Gasteiger partial charge >= 0.3 is 12.1 Å². The molecule has 9 nitrogen and oxygen atoms in total. The van der Waals surface area contributed by atoms with Crippen molar-refractivity contribution in [3.63, 3.8) is 0 Å². The number of carboxylic acids is 1. The molecule has 0 radical (unpaired) electrons. The lowest BCUT2D eigenvalue weighted by Crippen LogP contribution is -2.55. The summed E-state index contributed by atoms with van der Waals surface area (Å²) < 4.78 is 26.3. The van der Waals surface area contributed by atoms with E-state index in [-0.39, 0.29) is 34.0 Å². The van der Waals surface area contributed by atoms with Crippen molar-refractivity contribution in [2.24, 2.45) is 0 Å². The van der Waals surface area contributed by atoms with Crippen LogP contribution in [-0.2, 0) is 4.74 Å². The molecule has 2 atom stereocenters. The SMILES string of the molecule is CNC(=O)c1cc(C(=O)O)c(C)cc1O[C@H](CN1CCN(C(=O)OC(C)(C)C)C(C)C1)c1ccc(Cl)c(F)c1. The number of carbonyl (C=O) groups excluding carboxylic acids is 2. The summed E-state index contributed by atoms with van der Waals surface area (Å²) in [7, 11) is 1.43. The average Bonchev–Trinajstić information content (AvgIpc) is 2.83. The number of piperazine rings is 1. The number of aryl methyl sites for hydroxylation is 1. The maximum atomic E-state index is 14.5. The predicted octanol–water partition coefficient (Wildman–Crippen LogP) is 4.91. The zero-order valence-electron chi connectivity index (χ0n) is 23.0. The fraction of sp³-hybridized carbons (Fsp3) is 0.464. The number of nitrogens with one attached hydrogen (secondary N) is 1. The molecule has 212 valence electrons. The number of benzene rings is 2. The summed E-state index contributed by atoms with van der Waals surface area (Å²) in [6, 6.07) is 6.97. The highest BCUT2D eigenvalue weighted by Gasteiger charge is 2.33. The van der Waals surface area contributed by atoms with E-state index < -0.39 is 29.4 Å². The number of hydrogen-bond acceptors (Lipinski definition) is 6. The molecule has 39 heavy (non-hydrogen) atoms. The van der Waals surface area contributed by atoms with Gasteiger partial charge in [0.15, 0.2) is 0 Å². The topological polar surface area (TPSA) is 108 Å². The van der Waals surface area contributed by atoms with Gasteiger partial charge in [0, 0.05) is 39.3 Å². The monoisotopic (exact) mass is 563 g/mol. The molecule has 11 heteroatoms. The molecule has 3 rings (SSSR count). The van der Waals surface area contributed by atoms with Crippen molar-refractivity contribution >= 4 is 29.6 Å². The second-order valence-electron chi connectivity index (χ2n) is 10.6. The van der Waals surface area contributed by atoms with E-state index in [1.54, 1.807) is 17.9 Å². The Morgan fingerprint density at radius 1 is 1.18 bits per heavy atom. The number of nitrogens with zero attached hydrogens (tertiary/aromatic N) is 2. The number of ether oxygens (including phenoxy) is 2. The summed E-state index contributed by atoms with van der Waals surface area (Å²) >= 11 is 5.92. The molecule has 0 aromatic heterocycles. The molecule has 1 unspecified atom stereocenters. The minimum atomic E-state index is -1.17. The lowest BCUT2D eigenvalue weighted by atomic mass is 10.0. The minimum absolute atomic E-state index is 0.0258. The third kappa shape index (κ3) is 7.60. The molecule has 1 saturated heterocycles. The number of carboxylic acid groups (broad SMARTS) is 1. The van der Waals surface area contributed by atoms with Gasteiger partial charge in [-0.15, -0.1) is 0 Å². The van der Waals surface area contributed by atoms with Crippen molar-refractivity contribution < 1.29 is 33.4 Å². The van der Waals surface area contributed by atoms with Crippen LogP contribution in [0.2, 0.25) is 5.02 Å². The second-order valence-corrected chi connectivity index (χ2v) is 11.0. The molecule has 2 N–H and O–H groups in total. The van der Waals surface area contributed by atoms with Gasteiger partial charge in [-0.2, -0.15) is 0 Å². The van der Waals surface area contributed by atoms with Gasteiger partial charge in [-0.3, -0.25) is 9.69 Å². The van der Waals surface area contributed by atoms with Gasteiger partial charge in [-0.1, -0.05) is 17.7 Å². The van der Waals surface area contributed by atoms with Gasteiger partial charge in [0.05, 0.1) is 16.1 Å². The maximum Gasteiger partial charge on any atom is 0.410 e. The van der Waals surface area contributed by atoms with Crippen molar-refractivity contribution in [2.75, 3.05) is 33.2 Å². The maximum absolute atomic E-state index is 14.5. The number of halogens is 2. The van der Waals surface area contributed by atoms with Crippen molar-refractivity contribution in [1.29, 1.82) is 0 Å². The smallest absolute Gasteiger partial charge is 0.410 e. The Labute approximate surface area is 232 Å². The van der Waals surface area contributed by atoms with E-state index in [0.717, 1.165) is 0 Å². The molecule has 0 saturated carbocycles. The minimum Gasteiger partial charge on any atom is -0.484 e. The summed E-state index contributed by atoms with van der Waals surface area (Å²) in [5.41, 5.74) is 0.306. The fourth-order valence-electron chi connectivity index (χ4n) is 4.42. The standard InChI is InChI=1S/C28H35ClFN3O6/c1-16-11-23(20(25(34)31-6)13-19(16)26(35)36)38-24(18-7-8-21(29)22(30)12-18)15-32-9-10-33(17(2)14-32)27(37)39-28(3,4)5/h7-8,11-13,17,24H,9-10,14-15H2,1-6H3,(H,31,34)(H,35,36)/t17?,24-/m1/s1. The summed E-state index contributed by atoms with van der Waals surface area (Å²) in [6.07, 6.45) is -1.12. The van der Waals surface area contributed by atoms with Crippen LogP contribution in [0.15, 0.2) is 30.3 Å². The van der Waals surface area contributed by atoms with Crippen LogP contribution in [0.3, 0.4) is 0 Å². The molecular weight excluding hydrogens is 529 g/mol. The highest BCUT2D eigenvalue weighted by Crippen LogP contribution is 2.31. The highest BCUT2D eigenvalue weighted by atomic mass is 35.5. The number of hydrogen-bond donors (Lipinski definition) is 2. The van der Waals surface area contributed by atoms with Gasteiger partial charge in [-0.05, 0) is 70.0 Å². The van der Waals surface area contributed by atoms with Crippen LogP contribution in [0.4, 0.5) is 9.18 Å². The van der Waals surface area contributed by atoms with Crippen LogP contribution >= 0.6 is 11.6 Å². The van der Waals surface area contributed by atoms with Gasteiger partial charge < -0.3 is 24.8 Å². The van der Waals surface area contributed by atoms with Gasteiger partial charge in [0.2, 0.25) is 0 Å². The first-order chi connectivity index (χ1) is 18.2. The van der Waals surface area contributed by atoms with Crippen molar-refractivity contribution in [3.05, 3.63) is 63.4 Å². The van der Waals surface area contributed by atoms with Gasteiger partial charge in [0.1, 0.15) is 23.3 Å². The van der Waals surface area contributed by atoms with E-state index in [0.29, 0.717) is 37.3 Å². The van der Waals surface area contributed by atoms with Crippen LogP contribution in [-0.4, -0.2) is 77.7 Å². The number of aromatic carboxylic acids is 1. The molecular formula is C28H35ClFN3O6. The molecule has 2 amide bonds. The van der Waals surface area contributed by atoms with Crippen LogP contribution < -0.4 is 10.1 Å². The van der Waals surface area contributed by atoms with E-state index in [9.17, 15) is 23.9 Å². The molecule has 2 aromatic rings. The van der Waals surface area contributed by atoms with Gasteiger partial charge in [0.25, 0.3) is 5.91 Å². The Hall–Kier alpha value is -3.37. The third-order valence-electron chi connectivity index (χ3n) is 6.38. The van der Waals surface area contributed by atoms with E-state index in [1.807, 2.05) is 27.7 Å². The largest absolute Gasteiger partial charge is 0.484 e. The predicted molar refractivity (Wildman–Crippen MR) is 145 cm³/mol. The molecule has 1 heterocycles. The van der Waals surface area contributed by atoms with Crippen molar-refractivity contribution in [1.82, 2.24) is 15.1 Å². The number of carbonyl (C=O) groups is 3. The van der Waals surface area contributed by atoms with Crippen LogP contribution in [0.25, 0.3) is 0 Å². The number of rotatable bonds is 7. The zero-order valence-corrected chi connectivity index (χ0v) is 23.8. The summed E-state index contributed by atoms with van der Waals surface area (Å²) in [4.78, 5) is 40.7. The lowest BCUT2D eigenvalue weighted by Gasteiger charge is -2.41. The molecule has 0 spiro atoms. The highest BCUT2D eigenvalue weighted by molar-refractivity contribution is 6.30. The van der Waals surface area contributed by atoms with E-state index in [4.69, 9.17) is 21.1 Å². The van der Waals surface area contributed by atoms with Crippen molar-refractivity contribution in [3.8, 4) is 5.75 Å². The Morgan fingerprint density at radius 2 is 1.87 bits per heavy atom. The van der Waals surface area contributed by atoms with E-state index in [1.165, 1.54) is 31.3 Å². The van der Waals surface area contributed by atoms with Crippen LogP contribution in [0.1, 0.15) is 65.6 Å². The Bertz CT molecular complexity index is 1250. The molecule has 0 bridgehead atoms. The Kier molecular flexibility index (Phi) is 9.45. The van der Waals surface area contributed by atoms with Crippen molar-refractivity contribution in [2.45, 2.75) is 52.4 Å². The zero-order chi connectivity index (χ0) is 29.1. The summed E-state index contributed by atoms with van der Waals surface area (Å²) in [5, 5.41) is 12.0. The normalized spacial score (nSPS) is 16.9. The molecule has 1 fully saturated rings. The van der Waals surface area contributed by atoms with E-state index >= 15 is 0 Å². The first-order valence-corrected chi connectivity index (χ1v) is 13.0. The lowest BCUT2D eigenvalue weighted by molar-refractivity contribution is -0.00301. The summed E-state index contributed by atoms with van der Waals surface area (Å²) in [5.74, 6) is -2.14. The average molecular weight is 564 g/mol. The Balaban J connectivity index is 1.91. The quantitative estimate of drug-likeness (QED) is 0.493.